The van der Waals surface area contributed by atoms with Crippen LogP contribution in [0.15, 0.2) is 18.2 Å². The normalized spacial score (nSPS) is 12.5. The van der Waals surface area contributed by atoms with Gasteiger partial charge in [-0.1, -0.05) is 19.9 Å². The molecule has 0 aromatic heterocycles. The molecule has 1 aromatic carbocycles. The van der Waals surface area contributed by atoms with Crippen LogP contribution < -0.4 is 11.1 Å². The number of esters is 1. The fraction of sp³-hybridized carbons (Fsp3) is 0.562. The van der Waals surface area contributed by atoms with Crippen molar-refractivity contribution in [2.24, 2.45) is 5.92 Å². The molecule has 0 spiro atoms. The minimum Gasteiger partial charge on any atom is -0.465 e. The van der Waals surface area contributed by atoms with Crippen LogP contribution in [-0.2, 0) is 4.74 Å². The minimum absolute atomic E-state index is 0.216. The Morgan fingerprint density at radius 2 is 2.05 bits per heavy atom. The van der Waals surface area contributed by atoms with Gasteiger partial charge in [-0.25, -0.2) is 4.79 Å². The van der Waals surface area contributed by atoms with Gasteiger partial charge in [-0.15, -0.1) is 0 Å². The van der Waals surface area contributed by atoms with E-state index in [9.17, 15) is 4.79 Å². The Bertz CT molecular complexity index is 463. The van der Waals surface area contributed by atoms with Crippen LogP contribution in [0.1, 0.15) is 30.6 Å². The smallest absolute Gasteiger partial charge is 0.340 e. The summed E-state index contributed by atoms with van der Waals surface area (Å²) in [5.41, 5.74) is 7.74. The lowest BCUT2D eigenvalue weighted by atomic mass is 10.0. The number of nitrogens with one attached hydrogen (secondary N) is 1. The first-order chi connectivity index (χ1) is 9.85. The van der Waals surface area contributed by atoms with E-state index in [4.69, 9.17) is 10.5 Å². The zero-order chi connectivity index (χ0) is 16.0. The Kier molecular flexibility index (Phi) is 6.49. The molecule has 1 unspecified atom stereocenters. The number of methoxy groups -OCH3 is 1. The highest BCUT2D eigenvalue weighted by Gasteiger charge is 2.19. The molecule has 0 aliphatic rings. The van der Waals surface area contributed by atoms with E-state index in [0.29, 0.717) is 22.9 Å². The van der Waals surface area contributed by atoms with Gasteiger partial charge in [0.1, 0.15) is 0 Å². The number of carbonyl (C=O) groups is 1. The second kappa shape index (κ2) is 7.88. The van der Waals surface area contributed by atoms with Crippen molar-refractivity contribution in [3.05, 3.63) is 23.8 Å². The van der Waals surface area contributed by atoms with Crippen molar-refractivity contribution in [2.75, 3.05) is 38.8 Å². The predicted octanol–water partition coefficient (Wildman–Crippen LogP) is 2.44. The second-order valence-electron chi connectivity index (χ2n) is 5.99. The number of para-hydroxylation sites is 1. The molecule has 0 amide bonds. The number of nitrogens with zero attached hydrogens (tertiary/aromatic N) is 1. The summed E-state index contributed by atoms with van der Waals surface area (Å²) >= 11 is 0. The zero-order valence-electron chi connectivity index (χ0n) is 13.6. The summed E-state index contributed by atoms with van der Waals surface area (Å²) < 4.78 is 4.83. The van der Waals surface area contributed by atoms with Gasteiger partial charge in [-0.2, -0.15) is 0 Å². The Balaban J connectivity index is 3.04. The van der Waals surface area contributed by atoms with E-state index in [0.717, 1.165) is 13.0 Å². The first-order valence-electron chi connectivity index (χ1n) is 7.23. The molecule has 0 aliphatic carbocycles. The van der Waals surface area contributed by atoms with Crippen molar-refractivity contribution >= 4 is 17.3 Å². The maximum Gasteiger partial charge on any atom is 0.340 e. The molecule has 0 heterocycles. The third kappa shape index (κ3) is 5.27. The number of benzene rings is 1. The molecular formula is C16H27N3O2. The summed E-state index contributed by atoms with van der Waals surface area (Å²) in [6.07, 6.45) is 0.993. The number of nitrogens with two attached hydrogens (primary N) is 1. The lowest BCUT2D eigenvalue weighted by Gasteiger charge is -2.26. The van der Waals surface area contributed by atoms with Gasteiger partial charge < -0.3 is 20.7 Å². The SMILES string of the molecule is COC(=O)c1cccc(N)c1NC(CC(C)C)CN(C)C. The summed E-state index contributed by atoms with van der Waals surface area (Å²) in [6, 6.07) is 5.49. The summed E-state index contributed by atoms with van der Waals surface area (Å²) in [5, 5.41) is 3.43. The number of likely N-dealkylation sites (N-methyl/N-ethyl adjacent to an activating group) is 1. The Labute approximate surface area is 127 Å². The molecule has 3 N–H and O–H groups in total. The molecule has 1 rings (SSSR count). The number of hydrogen-bond acceptors (Lipinski definition) is 5. The van der Waals surface area contributed by atoms with Crippen molar-refractivity contribution in [2.45, 2.75) is 26.3 Å². The van der Waals surface area contributed by atoms with Crippen LogP contribution in [-0.4, -0.2) is 44.7 Å². The van der Waals surface area contributed by atoms with Crippen molar-refractivity contribution in [1.82, 2.24) is 4.90 Å². The minimum atomic E-state index is -0.377. The fourth-order valence-corrected chi connectivity index (χ4v) is 2.40. The molecule has 5 heteroatoms. The van der Waals surface area contributed by atoms with Crippen molar-refractivity contribution in [3.8, 4) is 0 Å². The highest BCUT2D eigenvalue weighted by Crippen LogP contribution is 2.26. The number of hydrogen-bond donors (Lipinski definition) is 2. The largest absolute Gasteiger partial charge is 0.465 e. The van der Waals surface area contributed by atoms with Crippen LogP contribution in [0.25, 0.3) is 0 Å². The van der Waals surface area contributed by atoms with Crippen LogP contribution in [0.5, 0.6) is 0 Å². The third-order valence-corrected chi connectivity index (χ3v) is 3.19. The topological polar surface area (TPSA) is 67.6 Å². The number of nitrogen functional groups attached to an aromatic ring is 1. The monoisotopic (exact) mass is 293 g/mol. The Morgan fingerprint density at radius 1 is 1.38 bits per heavy atom. The van der Waals surface area contributed by atoms with Gasteiger partial charge in [-0.3, -0.25) is 0 Å². The van der Waals surface area contributed by atoms with Crippen LogP contribution >= 0.6 is 0 Å². The van der Waals surface area contributed by atoms with Gasteiger partial charge in [0.2, 0.25) is 0 Å². The average Bonchev–Trinajstić information content (AvgIpc) is 2.38. The van der Waals surface area contributed by atoms with E-state index in [1.165, 1.54) is 7.11 Å². The molecular weight excluding hydrogens is 266 g/mol. The van der Waals surface area contributed by atoms with E-state index >= 15 is 0 Å². The van der Waals surface area contributed by atoms with Gasteiger partial charge in [0.05, 0.1) is 24.0 Å². The maximum absolute atomic E-state index is 11.9. The maximum atomic E-state index is 11.9. The van der Waals surface area contributed by atoms with Crippen LogP contribution in [0.3, 0.4) is 0 Å². The second-order valence-corrected chi connectivity index (χ2v) is 5.99. The van der Waals surface area contributed by atoms with Crippen LogP contribution in [0, 0.1) is 5.92 Å². The van der Waals surface area contributed by atoms with Crippen molar-refractivity contribution < 1.29 is 9.53 Å². The molecule has 0 aliphatic heterocycles. The van der Waals surface area contributed by atoms with E-state index in [2.05, 4.69) is 24.1 Å². The molecule has 21 heavy (non-hydrogen) atoms. The van der Waals surface area contributed by atoms with E-state index in [-0.39, 0.29) is 12.0 Å². The predicted molar refractivity (Wildman–Crippen MR) is 87.6 cm³/mol. The number of ether oxygens (including phenoxy) is 1. The zero-order valence-corrected chi connectivity index (χ0v) is 13.6. The first kappa shape index (κ1) is 17.3. The van der Waals surface area contributed by atoms with E-state index < -0.39 is 0 Å². The fourth-order valence-electron chi connectivity index (χ4n) is 2.40. The van der Waals surface area contributed by atoms with Crippen molar-refractivity contribution in [3.63, 3.8) is 0 Å². The van der Waals surface area contributed by atoms with Crippen molar-refractivity contribution in [1.29, 1.82) is 0 Å². The van der Waals surface area contributed by atoms with E-state index in [1.54, 1.807) is 18.2 Å². The molecule has 0 saturated carbocycles. The molecule has 0 radical (unpaired) electrons. The van der Waals surface area contributed by atoms with Crippen LogP contribution in [0.2, 0.25) is 0 Å². The standard InChI is InChI=1S/C16H27N3O2/c1-11(2)9-12(10-19(3)4)18-15-13(16(20)21-5)7-6-8-14(15)17/h6-8,11-12,18H,9-10,17H2,1-5H3. The van der Waals surface area contributed by atoms with Gasteiger partial charge in [0, 0.05) is 12.6 Å². The summed E-state index contributed by atoms with van der Waals surface area (Å²) in [4.78, 5) is 14.0. The van der Waals surface area contributed by atoms with Gasteiger partial charge in [-0.05, 0) is 38.6 Å². The molecule has 5 nitrogen and oxygen atoms in total. The first-order valence-corrected chi connectivity index (χ1v) is 7.23. The molecule has 118 valence electrons. The quantitative estimate of drug-likeness (QED) is 0.597. The van der Waals surface area contributed by atoms with Gasteiger partial charge in [0.15, 0.2) is 0 Å². The lowest BCUT2D eigenvalue weighted by molar-refractivity contribution is 0.0602. The van der Waals surface area contributed by atoms with Gasteiger partial charge >= 0.3 is 5.97 Å². The number of carbonyl (C=O) groups excluding carboxylic acids is 1. The molecule has 1 atom stereocenters. The van der Waals surface area contributed by atoms with Crippen LogP contribution in [0.4, 0.5) is 11.4 Å². The highest BCUT2D eigenvalue weighted by molar-refractivity contribution is 5.98. The molecule has 0 fully saturated rings. The summed E-state index contributed by atoms with van der Waals surface area (Å²) in [5.74, 6) is 0.173. The Morgan fingerprint density at radius 3 is 2.57 bits per heavy atom. The molecule has 0 bridgehead atoms. The summed E-state index contributed by atoms with van der Waals surface area (Å²) in [7, 11) is 5.44. The Hall–Kier alpha value is -1.75. The number of rotatable bonds is 7. The average molecular weight is 293 g/mol. The lowest BCUT2D eigenvalue weighted by Crippen LogP contribution is -2.34. The van der Waals surface area contributed by atoms with Gasteiger partial charge in [0.25, 0.3) is 0 Å². The number of anilines is 2. The third-order valence-electron chi connectivity index (χ3n) is 3.19. The summed E-state index contributed by atoms with van der Waals surface area (Å²) in [6.45, 7) is 5.23. The molecule has 0 saturated heterocycles. The molecule has 1 aromatic rings. The highest BCUT2D eigenvalue weighted by atomic mass is 16.5. The van der Waals surface area contributed by atoms with E-state index in [1.807, 2.05) is 14.1 Å².